The van der Waals surface area contributed by atoms with Crippen LogP contribution < -0.4 is 10.1 Å². The molecule has 0 fully saturated rings. The number of hydrogen-bond donors (Lipinski definition) is 1. The third kappa shape index (κ3) is 4.25. The molecule has 5 nitrogen and oxygen atoms in total. The molecule has 0 radical (unpaired) electrons. The van der Waals surface area contributed by atoms with Crippen molar-refractivity contribution < 1.29 is 19.1 Å². The van der Waals surface area contributed by atoms with Crippen molar-refractivity contribution in [2.45, 2.75) is 45.6 Å². The third-order valence-corrected chi connectivity index (χ3v) is 5.51. The Bertz CT molecular complexity index is 775. The van der Waals surface area contributed by atoms with Gasteiger partial charge in [-0.2, -0.15) is 0 Å². The Morgan fingerprint density at radius 2 is 2.00 bits per heavy atom. The van der Waals surface area contributed by atoms with Crippen LogP contribution in [0.5, 0.6) is 5.75 Å². The zero-order chi connectivity index (χ0) is 18.5. The molecule has 1 unspecified atom stereocenters. The maximum absolute atomic E-state index is 12.4. The Labute approximate surface area is 157 Å². The summed E-state index contributed by atoms with van der Waals surface area (Å²) >= 11 is 1.48. The average Bonchev–Trinajstić information content (AvgIpc) is 3.08. The van der Waals surface area contributed by atoms with Gasteiger partial charge in [-0.3, -0.25) is 4.79 Å². The zero-order valence-electron chi connectivity index (χ0n) is 15.0. The topological polar surface area (TPSA) is 64.6 Å². The Kier molecular flexibility index (Phi) is 5.93. The van der Waals surface area contributed by atoms with Crippen LogP contribution in [-0.2, 0) is 22.4 Å². The van der Waals surface area contributed by atoms with E-state index in [-0.39, 0.29) is 5.91 Å². The molecular formula is C20H23NO4S. The SMILES string of the molecule is CCOc1ccccc1NC(=O)C(C)OC(=O)c1cc2c(s1)CCCC2. The van der Waals surface area contributed by atoms with Gasteiger partial charge in [0.05, 0.1) is 12.3 Å². The Morgan fingerprint density at radius 3 is 2.77 bits per heavy atom. The molecule has 1 aliphatic carbocycles. The van der Waals surface area contributed by atoms with E-state index in [1.54, 1.807) is 19.1 Å². The number of anilines is 1. The van der Waals surface area contributed by atoms with Crippen LogP contribution in [0.2, 0.25) is 0 Å². The molecule has 3 rings (SSSR count). The lowest BCUT2D eigenvalue weighted by Gasteiger charge is -2.15. The molecule has 0 saturated heterocycles. The van der Waals surface area contributed by atoms with Gasteiger partial charge in [0.15, 0.2) is 6.10 Å². The van der Waals surface area contributed by atoms with Gasteiger partial charge in [0, 0.05) is 4.88 Å². The van der Waals surface area contributed by atoms with Gasteiger partial charge in [-0.15, -0.1) is 11.3 Å². The van der Waals surface area contributed by atoms with Crippen molar-refractivity contribution >= 4 is 28.9 Å². The summed E-state index contributed by atoms with van der Waals surface area (Å²) in [5, 5.41) is 2.76. The lowest BCUT2D eigenvalue weighted by atomic mass is 9.99. The fourth-order valence-corrected chi connectivity index (χ4v) is 4.09. The molecule has 2 aromatic rings. The number of carbonyl (C=O) groups is 2. The standard InChI is InChI=1S/C20H23NO4S/c1-3-24-16-10-6-5-9-15(16)21-19(22)13(2)25-20(23)18-12-14-8-4-7-11-17(14)26-18/h5-6,9-10,12-13H,3-4,7-8,11H2,1-2H3,(H,21,22). The molecule has 0 aliphatic heterocycles. The molecule has 0 bridgehead atoms. The second kappa shape index (κ2) is 8.36. The summed E-state index contributed by atoms with van der Waals surface area (Å²) in [7, 11) is 0. The fourth-order valence-electron chi connectivity index (χ4n) is 2.95. The molecule has 1 aromatic heterocycles. The van der Waals surface area contributed by atoms with Crippen molar-refractivity contribution in [3.63, 3.8) is 0 Å². The molecule has 1 N–H and O–H groups in total. The van der Waals surface area contributed by atoms with E-state index in [1.807, 2.05) is 25.1 Å². The van der Waals surface area contributed by atoms with Crippen molar-refractivity contribution in [2.24, 2.45) is 0 Å². The molecule has 1 heterocycles. The van der Waals surface area contributed by atoms with Gasteiger partial charge in [-0.05, 0) is 63.3 Å². The number of aryl methyl sites for hydroxylation is 2. The van der Waals surface area contributed by atoms with Crippen LogP contribution >= 0.6 is 11.3 Å². The Morgan fingerprint density at radius 1 is 1.23 bits per heavy atom. The maximum Gasteiger partial charge on any atom is 0.349 e. The fraction of sp³-hybridized carbons (Fsp3) is 0.400. The van der Waals surface area contributed by atoms with Crippen LogP contribution in [0.15, 0.2) is 30.3 Å². The molecule has 1 amide bonds. The predicted octanol–water partition coefficient (Wildman–Crippen LogP) is 4.21. The molecular weight excluding hydrogens is 350 g/mol. The van der Waals surface area contributed by atoms with Crippen molar-refractivity contribution in [1.29, 1.82) is 0 Å². The minimum Gasteiger partial charge on any atom is -0.492 e. The minimum atomic E-state index is -0.892. The first kappa shape index (κ1) is 18.5. The van der Waals surface area contributed by atoms with E-state index in [0.29, 0.717) is 22.9 Å². The lowest BCUT2D eigenvalue weighted by Crippen LogP contribution is -2.30. The number of ether oxygens (including phenoxy) is 2. The predicted molar refractivity (Wildman–Crippen MR) is 102 cm³/mol. The third-order valence-electron chi connectivity index (χ3n) is 4.30. The first-order chi connectivity index (χ1) is 12.6. The number of rotatable bonds is 6. The van der Waals surface area contributed by atoms with E-state index in [1.165, 1.54) is 28.2 Å². The molecule has 1 atom stereocenters. The second-order valence-corrected chi connectivity index (χ2v) is 7.37. The van der Waals surface area contributed by atoms with E-state index in [9.17, 15) is 9.59 Å². The van der Waals surface area contributed by atoms with Crippen LogP contribution in [0.1, 0.15) is 46.8 Å². The summed E-state index contributed by atoms with van der Waals surface area (Å²) in [6.45, 7) is 3.95. The summed E-state index contributed by atoms with van der Waals surface area (Å²) in [6.07, 6.45) is 3.48. The van der Waals surface area contributed by atoms with Crippen LogP contribution in [0.3, 0.4) is 0 Å². The van der Waals surface area contributed by atoms with Crippen molar-refractivity contribution in [2.75, 3.05) is 11.9 Å². The highest BCUT2D eigenvalue weighted by Crippen LogP contribution is 2.30. The summed E-state index contributed by atoms with van der Waals surface area (Å²) in [5.74, 6) is -0.232. The van der Waals surface area contributed by atoms with Gasteiger partial charge < -0.3 is 14.8 Å². The smallest absolute Gasteiger partial charge is 0.349 e. The van der Waals surface area contributed by atoms with Crippen molar-refractivity contribution in [3.8, 4) is 5.75 Å². The van der Waals surface area contributed by atoms with Crippen LogP contribution in [0.25, 0.3) is 0 Å². The highest BCUT2D eigenvalue weighted by atomic mass is 32.1. The van der Waals surface area contributed by atoms with Crippen LogP contribution in [0, 0.1) is 0 Å². The van der Waals surface area contributed by atoms with Crippen molar-refractivity contribution in [3.05, 3.63) is 45.6 Å². The second-order valence-electron chi connectivity index (χ2n) is 6.23. The number of para-hydroxylation sites is 2. The largest absolute Gasteiger partial charge is 0.492 e. The maximum atomic E-state index is 12.4. The number of esters is 1. The van der Waals surface area contributed by atoms with Crippen LogP contribution in [0.4, 0.5) is 5.69 Å². The van der Waals surface area contributed by atoms with Gasteiger partial charge in [0.1, 0.15) is 10.6 Å². The molecule has 1 aromatic carbocycles. The lowest BCUT2D eigenvalue weighted by molar-refractivity contribution is -0.123. The van der Waals surface area contributed by atoms with E-state index >= 15 is 0 Å². The number of fused-ring (bicyclic) bond motifs is 1. The number of hydrogen-bond acceptors (Lipinski definition) is 5. The van der Waals surface area contributed by atoms with Gasteiger partial charge in [0.2, 0.25) is 0 Å². The first-order valence-electron chi connectivity index (χ1n) is 8.93. The van der Waals surface area contributed by atoms with Gasteiger partial charge >= 0.3 is 5.97 Å². The zero-order valence-corrected chi connectivity index (χ0v) is 15.9. The van der Waals surface area contributed by atoms with Gasteiger partial charge in [0.25, 0.3) is 5.91 Å². The van der Waals surface area contributed by atoms with E-state index in [2.05, 4.69) is 5.32 Å². The summed E-state index contributed by atoms with van der Waals surface area (Å²) in [5.41, 5.74) is 1.81. The summed E-state index contributed by atoms with van der Waals surface area (Å²) < 4.78 is 10.9. The Hall–Kier alpha value is -2.34. The number of amides is 1. The number of benzene rings is 1. The van der Waals surface area contributed by atoms with Crippen molar-refractivity contribution in [1.82, 2.24) is 0 Å². The van der Waals surface area contributed by atoms with Gasteiger partial charge in [-0.1, -0.05) is 12.1 Å². The normalized spacial score (nSPS) is 14.2. The number of thiophene rings is 1. The van der Waals surface area contributed by atoms with E-state index < -0.39 is 12.1 Å². The molecule has 138 valence electrons. The Balaban J connectivity index is 1.62. The molecule has 0 saturated carbocycles. The average molecular weight is 373 g/mol. The molecule has 6 heteroatoms. The summed E-state index contributed by atoms with van der Waals surface area (Å²) in [4.78, 5) is 26.6. The van der Waals surface area contributed by atoms with E-state index in [0.717, 1.165) is 19.3 Å². The molecule has 26 heavy (non-hydrogen) atoms. The highest BCUT2D eigenvalue weighted by Gasteiger charge is 2.23. The molecule has 1 aliphatic rings. The number of nitrogens with one attached hydrogen (secondary N) is 1. The highest BCUT2D eigenvalue weighted by molar-refractivity contribution is 7.14. The number of carbonyl (C=O) groups excluding carboxylic acids is 2. The van der Waals surface area contributed by atoms with E-state index in [4.69, 9.17) is 9.47 Å². The first-order valence-corrected chi connectivity index (χ1v) is 9.75. The quantitative estimate of drug-likeness (QED) is 0.771. The van der Waals surface area contributed by atoms with Gasteiger partial charge in [-0.25, -0.2) is 4.79 Å². The van der Waals surface area contributed by atoms with Crippen LogP contribution in [-0.4, -0.2) is 24.6 Å². The minimum absolute atomic E-state index is 0.383. The molecule has 0 spiro atoms. The monoisotopic (exact) mass is 373 g/mol. The summed E-state index contributed by atoms with van der Waals surface area (Å²) in [6, 6.07) is 9.10.